The van der Waals surface area contributed by atoms with Gasteiger partial charge in [-0.3, -0.25) is 0 Å². The molecule has 1 rings (SSSR count). The van der Waals surface area contributed by atoms with E-state index in [-0.39, 0.29) is 0 Å². The molecule has 14 heavy (non-hydrogen) atoms. The summed E-state index contributed by atoms with van der Waals surface area (Å²) in [7, 11) is 0. The zero-order chi connectivity index (χ0) is 10.2. The van der Waals surface area contributed by atoms with Crippen molar-refractivity contribution in [3.63, 3.8) is 0 Å². The van der Waals surface area contributed by atoms with Crippen LogP contribution in [-0.2, 0) is 0 Å². The minimum absolute atomic E-state index is 0.370. The number of hydrogen-bond donors (Lipinski definition) is 0. The van der Waals surface area contributed by atoms with E-state index in [1.165, 1.54) is 0 Å². The van der Waals surface area contributed by atoms with E-state index < -0.39 is 0 Å². The van der Waals surface area contributed by atoms with Gasteiger partial charge in [0, 0.05) is 12.4 Å². The van der Waals surface area contributed by atoms with Crippen molar-refractivity contribution in [2.75, 3.05) is 13.2 Å². The van der Waals surface area contributed by atoms with Crippen LogP contribution in [0.4, 0.5) is 0 Å². The Bertz CT molecular complexity index is 282. The highest BCUT2D eigenvalue weighted by molar-refractivity contribution is 5.24. The largest absolute Gasteiger partial charge is 0.470 e. The average Bonchev–Trinajstić information content (AvgIpc) is 2.24. The molecule has 4 heteroatoms. The number of rotatable bonds is 6. The molecule has 0 amide bonds. The van der Waals surface area contributed by atoms with Crippen molar-refractivity contribution >= 4 is 0 Å². The predicted octanol–water partition coefficient (Wildman–Crippen LogP) is 1.61. The molecule has 0 spiro atoms. The average molecular weight is 192 g/mol. The maximum atomic E-state index is 5.23. The van der Waals surface area contributed by atoms with Crippen LogP contribution >= 0.6 is 0 Å². The van der Waals surface area contributed by atoms with E-state index in [2.05, 4.69) is 23.1 Å². The van der Waals surface area contributed by atoms with Gasteiger partial charge in [0.15, 0.2) is 0 Å². The van der Waals surface area contributed by atoms with Gasteiger partial charge in [0.05, 0.1) is 0 Å². The zero-order valence-corrected chi connectivity index (χ0v) is 7.85. The fourth-order valence-corrected chi connectivity index (χ4v) is 0.786. The minimum Gasteiger partial charge on any atom is -0.470 e. The molecule has 0 bridgehead atoms. The minimum atomic E-state index is 0.370. The molecule has 1 aromatic heterocycles. The van der Waals surface area contributed by atoms with Crippen molar-refractivity contribution in [1.82, 2.24) is 9.97 Å². The first kappa shape index (κ1) is 10.2. The molecule has 0 aliphatic carbocycles. The Morgan fingerprint density at radius 1 is 1.00 bits per heavy atom. The van der Waals surface area contributed by atoms with Crippen LogP contribution in [0.15, 0.2) is 37.7 Å². The summed E-state index contributed by atoms with van der Waals surface area (Å²) in [5.41, 5.74) is 0. The molecule has 74 valence electrons. The van der Waals surface area contributed by atoms with Crippen LogP contribution in [0.2, 0.25) is 0 Å². The second-order valence-electron chi connectivity index (χ2n) is 2.37. The Morgan fingerprint density at radius 2 is 1.43 bits per heavy atom. The molecule has 0 aliphatic rings. The lowest BCUT2D eigenvalue weighted by Crippen LogP contribution is -2.02. The molecule has 4 nitrogen and oxygen atoms in total. The van der Waals surface area contributed by atoms with Gasteiger partial charge in [-0.15, -0.1) is 0 Å². The Labute approximate surface area is 82.9 Å². The maximum absolute atomic E-state index is 5.23. The summed E-state index contributed by atoms with van der Waals surface area (Å²) in [6.07, 6.45) is 6.34. The SMILES string of the molecule is C=CCOc1nccnc1OCC=C. The summed E-state index contributed by atoms with van der Waals surface area (Å²) >= 11 is 0. The van der Waals surface area contributed by atoms with Crippen molar-refractivity contribution in [2.45, 2.75) is 0 Å². The van der Waals surface area contributed by atoms with Crippen molar-refractivity contribution < 1.29 is 9.47 Å². The van der Waals surface area contributed by atoms with Gasteiger partial charge in [-0.2, -0.15) is 0 Å². The van der Waals surface area contributed by atoms with Crippen LogP contribution < -0.4 is 9.47 Å². The molecule has 1 aromatic rings. The van der Waals surface area contributed by atoms with Crippen LogP contribution in [-0.4, -0.2) is 23.2 Å². The van der Waals surface area contributed by atoms with Gasteiger partial charge in [-0.05, 0) is 0 Å². The van der Waals surface area contributed by atoms with E-state index in [0.717, 1.165) is 0 Å². The van der Waals surface area contributed by atoms with E-state index in [1.807, 2.05) is 0 Å². The number of nitrogens with zero attached hydrogens (tertiary/aromatic N) is 2. The van der Waals surface area contributed by atoms with Crippen molar-refractivity contribution in [3.8, 4) is 11.8 Å². The molecule has 0 aromatic carbocycles. The first-order valence-corrected chi connectivity index (χ1v) is 4.17. The molecule has 0 N–H and O–H groups in total. The van der Waals surface area contributed by atoms with Gasteiger partial charge in [-0.1, -0.05) is 25.3 Å². The molecule has 0 fully saturated rings. The number of aromatic nitrogens is 2. The third-order valence-electron chi connectivity index (χ3n) is 1.31. The molecule has 1 heterocycles. The first-order chi connectivity index (χ1) is 6.88. The Morgan fingerprint density at radius 3 is 1.79 bits per heavy atom. The van der Waals surface area contributed by atoms with E-state index in [4.69, 9.17) is 9.47 Å². The van der Waals surface area contributed by atoms with Crippen LogP contribution in [0.25, 0.3) is 0 Å². The smallest absolute Gasteiger partial charge is 0.278 e. The van der Waals surface area contributed by atoms with E-state index in [0.29, 0.717) is 25.0 Å². The fraction of sp³-hybridized carbons (Fsp3) is 0.200. The van der Waals surface area contributed by atoms with Crippen molar-refractivity contribution in [2.24, 2.45) is 0 Å². The summed E-state index contributed by atoms with van der Waals surface area (Å²) in [6, 6.07) is 0. The van der Waals surface area contributed by atoms with Gasteiger partial charge >= 0.3 is 0 Å². The standard InChI is InChI=1S/C10H12N2O2/c1-3-7-13-9-10(14-8-4-2)12-6-5-11-9/h3-6H,1-2,7-8H2. The van der Waals surface area contributed by atoms with E-state index >= 15 is 0 Å². The molecule has 0 atom stereocenters. The van der Waals surface area contributed by atoms with Crippen LogP contribution in [0, 0.1) is 0 Å². The maximum Gasteiger partial charge on any atom is 0.278 e. The number of ether oxygens (including phenoxy) is 2. The Balaban J connectivity index is 2.68. The van der Waals surface area contributed by atoms with E-state index in [1.54, 1.807) is 24.5 Å². The highest BCUT2D eigenvalue weighted by Gasteiger charge is 2.05. The van der Waals surface area contributed by atoms with Crippen molar-refractivity contribution in [3.05, 3.63) is 37.7 Å². The van der Waals surface area contributed by atoms with E-state index in [9.17, 15) is 0 Å². The van der Waals surface area contributed by atoms with Crippen LogP contribution in [0.1, 0.15) is 0 Å². The third kappa shape index (κ3) is 2.90. The second kappa shape index (κ2) is 5.75. The Hall–Kier alpha value is -1.84. The Kier molecular flexibility index (Phi) is 4.20. The molecule has 0 radical (unpaired) electrons. The quantitative estimate of drug-likeness (QED) is 0.642. The second-order valence-corrected chi connectivity index (χ2v) is 2.37. The van der Waals surface area contributed by atoms with Gasteiger partial charge < -0.3 is 9.47 Å². The lowest BCUT2D eigenvalue weighted by atomic mass is 10.6. The lowest BCUT2D eigenvalue weighted by molar-refractivity contribution is 0.288. The summed E-state index contributed by atoms with van der Waals surface area (Å²) in [4.78, 5) is 7.95. The molecule has 0 aliphatic heterocycles. The monoisotopic (exact) mass is 192 g/mol. The lowest BCUT2D eigenvalue weighted by Gasteiger charge is -2.06. The normalized spacial score (nSPS) is 9.14. The van der Waals surface area contributed by atoms with Crippen molar-refractivity contribution in [1.29, 1.82) is 0 Å². The summed E-state index contributed by atoms with van der Waals surface area (Å²) in [6.45, 7) is 7.83. The number of hydrogen-bond acceptors (Lipinski definition) is 4. The van der Waals surface area contributed by atoms with Gasteiger partial charge in [0.25, 0.3) is 11.8 Å². The summed E-state index contributed by atoms with van der Waals surface area (Å²) in [5, 5.41) is 0. The van der Waals surface area contributed by atoms with Crippen LogP contribution in [0.3, 0.4) is 0 Å². The summed E-state index contributed by atoms with van der Waals surface area (Å²) in [5.74, 6) is 0.739. The van der Waals surface area contributed by atoms with Crippen LogP contribution in [0.5, 0.6) is 11.8 Å². The van der Waals surface area contributed by atoms with Gasteiger partial charge in [-0.25, -0.2) is 9.97 Å². The molecular formula is C10H12N2O2. The third-order valence-corrected chi connectivity index (χ3v) is 1.31. The fourth-order valence-electron chi connectivity index (χ4n) is 0.786. The molecule has 0 saturated carbocycles. The zero-order valence-electron chi connectivity index (χ0n) is 7.85. The van der Waals surface area contributed by atoms with Gasteiger partial charge in [0.1, 0.15) is 13.2 Å². The first-order valence-electron chi connectivity index (χ1n) is 4.17. The predicted molar refractivity (Wildman–Crippen MR) is 53.4 cm³/mol. The highest BCUT2D eigenvalue weighted by atomic mass is 16.5. The molecule has 0 saturated heterocycles. The topological polar surface area (TPSA) is 44.2 Å². The highest BCUT2D eigenvalue weighted by Crippen LogP contribution is 2.19. The molecular weight excluding hydrogens is 180 g/mol. The van der Waals surface area contributed by atoms with Gasteiger partial charge in [0.2, 0.25) is 0 Å². The molecule has 0 unspecified atom stereocenters. The summed E-state index contributed by atoms with van der Waals surface area (Å²) < 4.78 is 10.5.